The predicted molar refractivity (Wildman–Crippen MR) is 98.2 cm³/mol. The smallest absolute Gasteiger partial charge is 0.252 e. The largest absolute Gasteiger partial charge is 0.324 e. The van der Waals surface area contributed by atoms with Crippen LogP contribution in [0.1, 0.15) is 26.3 Å². The number of hydrogen-bond donors (Lipinski definition) is 2. The first-order valence-corrected chi connectivity index (χ1v) is 8.24. The van der Waals surface area contributed by atoms with E-state index < -0.39 is 0 Å². The van der Waals surface area contributed by atoms with Crippen LogP contribution in [0.25, 0.3) is 21.9 Å². The Hall–Kier alpha value is -3.22. The second kappa shape index (κ2) is 6.01. The zero-order chi connectivity index (χ0) is 17.4. The van der Waals surface area contributed by atoms with Gasteiger partial charge < -0.3 is 5.32 Å². The van der Waals surface area contributed by atoms with Crippen molar-refractivity contribution in [2.75, 3.05) is 5.32 Å². The Morgan fingerprint density at radius 2 is 2.08 bits per heavy atom. The van der Waals surface area contributed by atoms with Gasteiger partial charge in [-0.3, -0.25) is 14.5 Å². The van der Waals surface area contributed by atoms with Crippen LogP contribution >= 0.6 is 0 Å². The van der Waals surface area contributed by atoms with Crippen molar-refractivity contribution in [2.45, 2.75) is 26.3 Å². The number of anilines is 2. The molecule has 0 saturated heterocycles. The van der Waals surface area contributed by atoms with Crippen molar-refractivity contribution in [1.29, 1.82) is 0 Å². The van der Waals surface area contributed by atoms with Gasteiger partial charge in [-0.05, 0) is 37.6 Å². The molecule has 2 N–H and O–H groups in total. The molecule has 126 valence electrons. The topological polar surface area (TPSA) is 88.5 Å². The van der Waals surface area contributed by atoms with Gasteiger partial charge >= 0.3 is 0 Å². The third kappa shape index (κ3) is 2.73. The number of hydrogen-bond acceptors (Lipinski definition) is 5. The molecule has 4 aromatic rings. The SMILES string of the molecule is CCC(C)n1c(=O)ccc2cnc(Nc3ccc4[nH]ncc4c3)nc21. The maximum absolute atomic E-state index is 12.3. The van der Waals surface area contributed by atoms with Crippen LogP contribution in [0, 0.1) is 0 Å². The number of nitrogens with one attached hydrogen (secondary N) is 2. The number of aromatic amines is 1. The van der Waals surface area contributed by atoms with Crippen molar-refractivity contribution in [1.82, 2.24) is 24.7 Å². The zero-order valence-electron chi connectivity index (χ0n) is 14.0. The van der Waals surface area contributed by atoms with Gasteiger partial charge in [0.05, 0.1) is 11.7 Å². The van der Waals surface area contributed by atoms with Gasteiger partial charge in [0.1, 0.15) is 5.65 Å². The van der Waals surface area contributed by atoms with Gasteiger partial charge in [-0.2, -0.15) is 10.1 Å². The first kappa shape index (κ1) is 15.3. The Kier molecular flexibility index (Phi) is 3.68. The highest BCUT2D eigenvalue weighted by molar-refractivity contribution is 5.83. The third-order valence-corrected chi connectivity index (χ3v) is 4.39. The molecular formula is C18H18N6O. The Balaban J connectivity index is 1.78. The van der Waals surface area contributed by atoms with Crippen LogP contribution in [0.2, 0.25) is 0 Å². The summed E-state index contributed by atoms with van der Waals surface area (Å²) in [7, 11) is 0. The van der Waals surface area contributed by atoms with Crippen molar-refractivity contribution in [3.05, 3.63) is 53.1 Å². The van der Waals surface area contributed by atoms with Crippen LogP contribution in [0.5, 0.6) is 0 Å². The van der Waals surface area contributed by atoms with E-state index in [4.69, 9.17) is 0 Å². The minimum Gasteiger partial charge on any atom is -0.324 e. The summed E-state index contributed by atoms with van der Waals surface area (Å²) in [6.45, 7) is 4.07. The summed E-state index contributed by atoms with van der Waals surface area (Å²) in [6, 6.07) is 9.25. The van der Waals surface area contributed by atoms with E-state index in [2.05, 4.69) is 32.4 Å². The maximum atomic E-state index is 12.3. The van der Waals surface area contributed by atoms with E-state index in [0.717, 1.165) is 28.4 Å². The van der Waals surface area contributed by atoms with Gasteiger partial charge in [-0.25, -0.2) is 4.98 Å². The first-order chi connectivity index (χ1) is 12.2. The molecule has 0 aliphatic carbocycles. The van der Waals surface area contributed by atoms with Crippen LogP contribution in [-0.2, 0) is 0 Å². The van der Waals surface area contributed by atoms with Crippen molar-refractivity contribution in [3.8, 4) is 0 Å². The minimum atomic E-state index is -0.0497. The molecule has 0 amide bonds. The molecule has 25 heavy (non-hydrogen) atoms. The molecule has 0 spiro atoms. The third-order valence-electron chi connectivity index (χ3n) is 4.39. The summed E-state index contributed by atoms with van der Waals surface area (Å²) in [5.74, 6) is 0.456. The number of nitrogens with zero attached hydrogens (tertiary/aromatic N) is 4. The summed E-state index contributed by atoms with van der Waals surface area (Å²) in [4.78, 5) is 21.2. The second-order valence-corrected chi connectivity index (χ2v) is 6.07. The lowest BCUT2D eigenvalue weighted by atomic mass is 10.2. The fourth-order valence-electron chi connectivity index (χ4n) is 2.86. The quantitative estimate of drug-likeness (QED) is 0.597. The second-order valence-electron chi connectivity index (χ2n) is 6.07. The van der Waals surface area contributed by atoms with Gasteiger partial charge in [0.2, 0.25) is 5.95 Å². The molecule has 3 aromatic heterocycles. The number of pyridine rings is 1. The number of aromatic nitrogens is 5. The van der Waals surface area contributed by atoms with Gasteiger partial charge in [0, 0.05) is 34.8 Å². The molecule has 1 aromatic carbocycles. The molecule has 0 fully saturated rings. The molecule has 1 atom stereocenters. The summed E-state index contributed by atoms with van der Waals surface area (Å²) in [5.41, 5.74) is 2.42. The summed E-state index contributed by atoms with van der Waals surface area (Å²) >= 11 is 0. The van der Waals surface area contributed by atoms with Crippen LogP contribution in [0.3, 0.4) is 0 Å². The Morgan fingerprint density at radius 3 is 2.92 bits per heavy atom. The van der Waals surface area contributed by atoms with Gasteiger partial charge in [0.15, 0.2) is 0 Å². The minimum absolute atomic E-state index is 0.0497. The van der Waals surface area contributed by atoms with Crippen LogP contribution in [0.15, 0.2) is 47.5 Å². The fourth-order valence-corrected chi connectivity index (χ4v) is 2.86. The summed E-state index contributed by atoms with van der Waals surface area (Å²) < 4.78 is 1.72. The van der Waals surface area contributed by atoms with Crippen LogP contribution in [0.4, 0.5) is 11.6 Å². The van der Waals surface area contributed by atoms with Gasteiger partial charge in [-0.1, -0.05) is 6.92 Å². The monoisotopic (exact) mass is 334 g/mol. The van der Waals surface area contributed by atoms with E-state index in [-0.39, 0.29) is 11.6 Å². The number of H-pyrrole nitrogens is 1. The Bertz CT molecular complexity index is 1110. The van der Waals surface area contributed by atoms with Crippen molar-refractivity contribution in [2.24, 2.45) is 0 Å². The Morgan fingerprint density at radius 1 is 1.20 bits per heavy atom. The first-order valence-electron chi connectivity index (χ1n) is 8.24. The zero-order valence-corrected chi connectivity index (χ0v) is 14.0. The summed E-state index contributed by atoms with van der Waals surface area (Å²) in [5, 5.41) is 12.0. The highest BCUT2D eigenvalue weighted by atomic mass is 16.1. The van der Waals surface area contributed by atoms with Crippen molar-refractivity contribution in [3.63, 3.8) is 0 Å². The molecule has 0 aliphatic heterocycles. The number of fused-ring (bicyclic) bond motifs is 2. The molecular weight excluding hydrogens is 316 g/mol. The molecule has 0 radical (unpaired) electrons. The van der Waals surface area contributed by atoms with E-state index in [1.165, 1.54) is 0 Å². The van der Waals surface area contributed by atoms with E-state index >= 15 is 0 Å². The van der Waals surface area contributed by atoms with Crippen molar-refractivity contribution < 1.29 is 0 Å². The summed E-state index contributed by atoms with van der Waals surface area (Å²) in [6.07, 6.45) is 4.35. The number of benzene rings is 1. The van der Waals surface area contributed by atoms with Gasteiger partial charge in [0.25, 0.3) is 5.56 Å². The van der Waals surface area contributed by atoms with E-state index in [1.54, 1.807) is 29.1 Å². The average molecular weight is 334 g/mol. The number of rotatable bonds is 4. The highest BCUT2D eigenvalue weighted by Gasteiger charge is 2.11. The molecule has 7 heteroatoms. The average Bonchev–Trinajstić information content (AvgIpc) is 3.08. The lowest BCUT2D eigenvalue weighted by Crippen LogP contribution is -2.23. The van der Waals surface area contributed by atoms with Crippen molar-refractivity contribution >= 4 is 33.6 Å². The van der Waals surface area contributed by atoms with Crippen LogP contribution < -0.4 is 10.9 Å². The van der Waals surface area contributed by atoms with E-state index in [0.29, 0.717) is 11.6 Å². The standard InChI is InChI=1S/C18H18N6O/c1-3-11(2)24-16(25)7-4-12-9-19-18(22-17(12)24)21-14-5-6-15-13(8-14)10-20-23-15/h4-11H,3H2,1-2H3,(H,20,23)(H,19,21,22). The lowest BCUT2D eigenvalue weighted by molar-refractivity contribution is 0.528. The molecule has 7 nitrogen and oxygen atoms in total. The molecule has 0 saturated carbocycles. The highest BCUT2D eigenvalue weighted by Crippen LogP contribution is 2.21. The maximum Gasteiger partial charge on any atom is 0.252 e. The fraction of sp³-hybridized carbons (Fsp3) is 0.222. The predicted octanol–water partition coefficient (Wildman–Crippen LogP) is 3.38. The van der Waals surface area contributed by atoms with E-state index in [1.807, 2.05) is 25.1 Å². The molecule has 3 heterocycles. The van der Waals surface area contributed by atoms with Gasteiger partial charge in [-0.15, -0.1) is 0 Å². The molecule has 4 rings (SSSR count). The Labute approximate surface area is 143 Å². The normalized spacial score (nSPS) is 12.6. The molecule has 0 aliphatic rings. The van der Waals surface area contributed by atoms with E-state index in [9.17, 15) is 4.79 Å². The van der Waals surface area contributed by atoms with Crippen LogP contribution in [-0.4, -0.2) is 24.7 Å². The molecule has 0 bridgehead atoms. The lowest BCUT2D eigenvalue weighted by Gasteiger charge is -2.15. The molecule has 1 unspecified atom stereocenters.